The van der Waals surface area contributed by atoms with Crippen molar-refractivity contribution in [1.82, 2.24) is 14.7 Å². The van der Waals surface area contributed by atoms with Crippen molar-refractivity contribution in [3.05, 3.63) is 0 Å². The lowest BCUT2D eigenvalue weighted by Gasteiger charge is -2.26. The molecule has 0 aliphatic carbocycles. The van der Waals surface area contributed by atoms with E-state index < -0.39 is 0 Å². The van der Waals surface area contributed by atoms with E-state index in [9.17, 15) is 0 Å². The number of nitrogens with zero attached hydrogens (tertiary/aromatic N) is 3. The average molecular weight is 388 g/mol. The van der Waals surface area contributed by atoms with E-state index in [2.05, 4.69) is 63.2 Å². The second kappa shape index (κ2) is 16.1. The Morgan fingerprint density at radius 3 is 1.38 bits per heavy atom. The van der Waals surface area contributed by atoms with Crippen LogP contribution in [0.25, 0.3) is 0 Å². The van der Waals surface area contributed by atoms with Crippen LogP contribution in [0.5, 0.6) is 0 Å². The number of hydrogen-bond donors (Lipinski definition) is 0. The summed E-state index contributed by atoms with van der Waals surface area (Å²) in [6.07, 6.45) is 3.89. The molecule has 0 amide bonds. The molecule has 0 aromatic heterocycles. The zero-order valence-corrected chi connectivity index (χ0v) is 20.6. The summed E-state index contributed by atoms with van der Waals surface area (Å²) >= 11 is 0. The average Bonchev–Trinajstić information content (AvgIpc) is 2.60. The van der Waals surface area contributed by atoms with Crippen LogP contribution in [0.15, 0.2) is 0 Å². The molecule has 158 valence electrons. The van der Waals surface area contributed by atoms with Crippen molar-refractivity contribution in [2.45, 2.75) is 79.4 Å². The molecule has 0 aliphatic rings. The fraction of sp³-hybridized carbons (Fsp3) is 1.00. The van der Waals surface area contributed by atoms with E-state index in [4.69, 9.17) is 4.43 Å². The quantitative estimate of drug-likeness (QED) is 0.281. The molecule has 0 N–H and O–H groups in total. The van der Waals surface area contributed by atoms with Crippen molar-refractivity contribution >= 4 is 9.76 Å². The standard InChI is InChI=1S/C21H49N3OSi/c1-8-22(9-2)15-12-17-24(18-13-16-23(10-3)11-4)19-14-20-26-25-21(5,6)7/h8-20,26H2,1-7H3. The highest BCUT2D eigenvalue weighted by molar-refractivity contribution is 6.27. The molecule has 0 saturated carbocycles. The number of rotatable bonds is 17. The molecular formula is C21H49N3OSi. The zero-order chi connectivity index (χ0) is 19.8. The van der Waals surface area contributed by atoms with Gasteiger partial charge in [-0.15, -0.1) is 0 Å². The van der Waals surface area contributed by atoms with Gasteiger partial charge in [0.15, 0.2) is 9.76 Å². The second-order valence-corrected chi connectivity index (χ2v) is 9.67. The molecule has 0 radical (unpaired) electrons. The first-order valence-electron chi connectivity index (χ1n) is 11.2. The lowest BCUT2D eigenvalue weighted by molar-refractivity contribution is 0.137. The summed E-state index contributed by atoms with van der Waals surface area (Å²) in [5, 5.41) is 0. The third-order valence-electron chi connectivity index (χ3n) is 5.09. The van der Waals surface area contributed by atoms with Crippen molar-refractivity contribution in [2.75, 3.05) is 58.9 Å². The molecule has 0 spiro atoms. The Bertz CT molecular complexity index is 284. The molecule has 0 atom stereocenters. The normalized spacial score (nSPS) is 13.2. The van der Waals surface area contributed by atoms with Crippen LogP contribution < -0.4 is 0 Å². The van der Waals surface area contributed by atoms with Crippen molar-refractivity contribution in [2.24, 2.45) is 0 Å². The van der Waals surface area contributed by atoms with Crippen LogP contribution >= 0.6 is 0 Å². The largest absolute Gasteiger partial charge is 0.419 e. The Labute approximate surface area is 167 Å². The summed E-state index contributed by atoms with van der Waals surface area (Å²) in [4.78, 5) is 7.79. The predicted octanol–water partition coefficient (Wildman–Crippen LogP) is 3.46. The van der Waals surface area contributed by atoms with E-state index in [1.807, 2.05) is 0 Å². The van der Waals surface area contributed by atoms with Gasteiger partial charge in [0, 0.05) is 5.60 Å². The zero-order valence-electron chi connectivity index (χ0n) is 19.1. The van der Waals surface area contributed by atoms with Crippen LogP contribution in [0.2, 0.25) is 6.04 Å². The van der Waals surface area contributed by atoms with Crippen LogP contribution in [0.1, 0.15) is 67.7 Å². The van der Waals surface area contributed by atoms with Crippen LogP contribution in [0, 0.1) is 0 Å². The molecule has 0 fully saturated rings. The van der Waals surface area contributed by atoms with Gasteiger partial charge in [-0.25, -0.2) is 0 Å². The van der Waals surface area contributed by atoms with Crippen molar-refractivity contribution < 1.29 is 4.43 Å². The van der Waals surface area contributed by atoms with Crippen LogP contribution in [0.3, 0.4) is 0 Å². The monoisotopic (exact) mass is 387 g/mol. The smallest absolute Gasteiger partial charge is 0.162 e. The lowest BCUT2D eigenvalue weighted by Crippen LogP contribution is -2.33. The van der Waals surface area contributed by atoms with Crippen molar-refractivity contribution in [3.63, 3.8) is 0 Å². The van der Waals surface area contributed by atoms with Gasteiger partial charge in [-0.2, -0.15) is 0 Å². The third kappa shape index (κ3) is 15.1. The van der Waals surface area contributed by atoms with Gasteiger partial charge >= 0.3 is 0 Å². The van der Waals surface area contributed by atoms with Gasteiger partial charge in [-0.3, -0.25) is 0 Å². The minimum atomic E-state index is -0.358. The van der Waals surface area contributed by atoms with Gasteiger partial charge in [0.2, 0.25) is 0 Å². The molecule has 0 aliphatic heterocycles. The number of hydrogen-bond acceptors (Lipinski definition) is 4. The van der Waals surface area contributed by atoms with Crippen LogP contribution in [-0.4, -0.2) is 89.0 Å². The Balaban J connectivity index is 4.17. The summed E-state index contributed by atoms with van der Waals surface area (Å²) in [6.45, 7) is 26.5. The van der Waals surface area contributed by atoms with E-state index in [-0.39, 0.29) is 15.4 Å². The maximum Gasteiger partial charge on any atom is 0.162 e. The summed E-state index contributed by atoms with van der Waals surface area (Å²) in [7, 11) is -0.358. The Hall–Kier alpha value is 0.0569. The van der Waals surface area contributed by atoms with E-state index in [1.54, 1.807) is 0 Å². The van der Waals surface area contributed by atoms with E-state index in [1.165, 1.54) is 84.2 Å². The second-order valence-electron chi connectivity index (χ2n) is 8.27. The highest BCUT2D eigenvalue weighted by Crippen LogP contribution is 2.08. The van der Waals surface area contributed by atoms with Gasteiger partial charge < -0.3 is 19.1 Å². The van der Waals surface area contributed by atoms with E-state index in [0.717, 1.165) is 0 Å². The molecule has 0 aromatic rings. The first-order valence-corrected chi connectivity index (χ1v) is 12.7. The molecule has 0 saturated heterocycles. The van der Waals surface area contributed by atoms with E-state index >= 15 is 0 Å². The molecule has 0 aromatic carbocycles. The first kappa shape index (κ1) is 26.1. The minimum Gasteiger partial charge on any atom is -0.419 e. The molecule has 5 heteroatoms. The molecule has 26 heavy (non-hydrogen) atoms. The third-order valence-corrected chi connectivity index (χ3v) is 6.95. The van der Waals surface area contributed by atoms with Gasteiger partial charge in [0.05, 0.1) is 0 Å². The maximum atomic E-state index is 6.00. The first-order chi connectivity index (χ1) is 12.4. The summed E-state index contributed by atoms with van der Waals surface area (Å²) in [5.41, 5.74) is 0.0550. The summed E-state index contributed by atoms with van der Waals surface area (Å²) in [5.74, 6) is 0. The highest BCUT2D eigenvalue weighted by atomic mass is 28.2. The van der Waals surface area contributed by atoms with Gasteiger partial charge in [-0.1, -0.05) is 27.7 Å². The van der Waals surface area contributed by atoms with Gasteiger partial charge in [0.1, 0.15) is 0 Å². The molecule has 4 nitrogen and oxygen atoms in total. The molecular weight excluding hydrogens is 338 g/mol. The Morgan fingerprint density at radius 2 is 1.00 bits per heavy atom. The van der Waals surface area contributed by atoms with Crippen molar-refractivity contribution in [3.8, 4) is 0 Å². The van der Waals surface area contributed by atoms with Gasteiger partial charge in [0.25, 0.3) is 0 Å². The topological polar surface area (TPSA) is 19.0 Å². The lowest BCUT2D eigenvalue weighted by atomic mass is 10.2. The Morgan fingerprint density at radius 1 is 0.615 bits per heavy atom. The predicted molar refractivity (Wildman–Crippen MR) is 120 cm³/mol. The fourth-order valence-corrected chi connectivity index (χ4v) is 4.45. The fourth-order valence-electron chi connectivity index (χ4n) is 3.27. The Kier molecular flexibility index (Phi) is 16.1. The summed E-state index contributed by atoms with van der Waals surface area (Å²) < 4.78 is 6.00. The molecule has 0 heterocycles. The SMILES string of the molecule is CCN(CC)CCCN(CCC[SiH2]OC(C)(C)C)CCCN(CC)CC. The molecule has 0 unspecified atom stereocenters. The minimum absolute atomic E-state index is 0.0550. The van der Waals surface area contributed by atoms with Crippen LogP contribution in [0.4, 0.5) is 0 Å². The summed E-state index contributed by atoms with van der Waals surface area (Å²) in [6, 6.07) is 1.31. The van der Waals surface area contributed by atoms with E-state index in [0.29, 0.717) is 0 Å². The van der Waals surface area contributed by atoms with Crippen LogP contribution in [-0.2, 0) is 4.43 Å². The highest BCUT2D eigenvalue weighted by Gasteiger charge is 2.10. The maximum absolute atomic E-state index is 6.00. The van der Waals surface area contributed by atoms with Gasteiger partial charge in [-0.05, 0) is 105 Å². The van der Waals surface area contributed by atoms with Crippen molar-refractivity contribution in [1.29, 1.82) is 0 Å². The molecule has 0 rings (SSSR count). The molecule has 0 bridgehead atoms.